The average Bonchev–Trinajstić information content (AvgIpc) is 3.21. The van der Waals surface area contributed by atoms with E-state index in [0.29, 0.717) is 26.2 Å². The minimum absolute atomic E-state index is 0.136. The molecular formula is C19H24N6O2. The molecule has 1 atom stereocenters. The Kier molecular flexibility index (Phi) is 4.41. The highest BCUT2D eigenvalue weighted by Crippen LogP contribution is 2.40. The zero-order valence-electron chi connectivity index (χ0n) is 15.8. The van der Waals surface area contributed by atoms with E-state index in [4.69, 9.17) is 0 Å². The summed E-state index contributed by atoms with van der Waals surface area (Å²) in [4.78, 5) is 38.1. The highest BCUT2D eigenvalue weighted by atomic mass is 16.2. The second kappa shape index (κ2) is 6.75. The number of piperidine rings is 1. The van der Waals surface area contributed by atoms with E-state index in [0.717, 1.165) is 30.7 Å². The summed E-state index contributed by atoms with van der Waals surface area (Å²) in [6.45, 7) is 4.27. The van der Waals surface area contributed by atoms with Gasteiger partial charge in [0.25, 0.3) is 5.91 Å². The van der Waals surface area contributed by atoms with E-state index >= 15 is 0 Å². The van der Waals surface area contributed by atoms with Gasteiger partial charge in [0, 0.05) is 32.4 Å². The highest BCUT2D eigenvalue weighted by Gasteiger charge is 2.49. The number of carbonyl (C=O) groups excluding carboxylic acids is 2. The first-order valence-electron chi connectivity index (χ1n) is 9.34. The molecule has 8 heteroatoms. The van der Waals surface area contributed by atoms with Gasteiger partial charge in [-0.2, -0.15) is 0 Å². The molecule has 2 amide bonds. The van der Waals surface area contributed by atoms with Crippen LogP contribution in [0.15, 0.2) is 24.5 Å². The van der Waals surface area contributed by atoms with Gasteiger partial charge in [-0.05, 0) is 38.3 Å². The average molecular weight is 368 g/mol. The maximum Gasteiger partial charge on any atom is 0.293 e. The van der Waals surface area contributed by atoms with Crippen LogP contribution >= 0.6 is 0 Å². The molecule has 2 aromatic rings. The van der Waals surface area contributed by atoms with E-state index in [1.54, 1.807) is 11.9 Å². The molecule has 0 saturated carbocycles. The summed E-state index contributed by atoms with van der Waals surface area (Å²) in [7, 11) is 1.74. The minimum Gasteiger partial charge on any atom is -0.336 e. The number of hydrogen-bond donors (Lipinski definition) is 0. The van der Waals surface area contributed by atoms with E-state index in [1.807, 2.05) is 30.0 Å². The molecule has 0 bridgehead atoms. The van der Waals surface area contributed by atoms with E-state index in [9.17, 15) is 9.59 Å². The molecule has 2 saturated heterocycles. The van der Waals surface area contributed by atoms with Gasteiger partial charge in [-0.15, -0.1) is 5.10 Å². The van der Waals surface area contributed by atoms with Crippen LogP contribution in [0.25, 0.3) is 0 Å². The molecule has 4 rings (SSSR count). The highest BCUT2D eigenvalue weighted by molar-refractivity contribution is 5.92. The Hall–Kier alpha value is -2.77. The van der Waals surface area contributed by atoms with Crippen molar-refractivity contribution in [1.29, 1.82) is 0 Å². The lowest BCUT2D eigenvalue weighted by Gasteiger charge is -2.38. The van der Waals surface area contributed by atoms with Gasteiger partial charge >= 0.3 is 0 Å². The molecule has 2 aromatic heterocycles. The molecule has 2 fully saturated rings. The van der Waals surface area contributed by atoms with Crippen molar-refractivity contribution >= 4 is 11.8 Å². The van der Waals surface area contributed by atoms with Crippen LogP contribution in [-0.2, 0) is 18.4 Å². The van der Waals surface area contributed by atoms with Gasteiger partial charge in [0.1, 0.15) is 6.33 Å². The van der Waals surface area contributed by atoms with Crippen LogP contribution < -0.4 is 0 Å². The Morgan fingerprint density at radius 3 is 2.85 bits per heavy atom. The lowest BCUT2D eigenvalue weighted by Crippen LogP contribution is -2.50. The van der Waals surface area contributed by atoms with E-state index in [-0.39, 0.29) is 17.6 Å². The first-order chi connectivity index (χ1) is 13.0. The number of likely N-dealkylation sites (tertiary alicyclic amines) is 2. The predicted octanol–water partition coefficient (Wildman–Crippen LogP) is 1.17. The number of nitrogens with zero attached hydrogens (tertiary/aromatic N) is 6. The second-order valence-electron chi connectivity index (χ2n) is 7.60. The van der Waals surface area contributed by atoms with Crippen molar-refractivity contribution in [2.45, 2.75) is 32.7 Å². The molecule has 0 unspecified atom stereocenters. The lowest BCUT2D eigenvalue weighted by atomic mass is 9.78. The number of pyridine rings is 1. The van der Waals surface area contributed by atoms with Crippen LogP contribution in [-0.4, -0.2) is 61.0 Å². The quantitative estimate of drug-likeness (QED) is 0.812. The van der Waals surface area contributed by atoms with Crippen LogP contribution in [0.4, 0.5) is 0 Å². The normalized spacial score (nSPS) is 22.7. The third-order valence-electron chi connectivity index (χ3n) is 5.55. The van der Waals surface area contributed by atoms with Crippen LogP contribution in [0, 0.1) is 12.3 Å². The Labute approximate surface area is 158 Å². The fourth-order valence-electron chi connectivity index (χ4n) is 4.19. The summed E-state index contributed by atoms with van der Waals surface area (Å²) in [5.41, 5.74) is 1.37. The Balaban J connectivity index is 1.48. The van der Waals surface area contributed by atoms with E-state index < -0.39 is 5.41 Å². The Bertz CT molecular complexity index is 879. The molecule has 0 aromatic carbocycles. The monoisotopic (exact) mass is 368 g/mol. The maximum atomic E-state index is 13.2. The second-order valence-corrected chi connectivity index (χ2v) is 7.60. The van der Waals surface area contributed by atoms with Gasteiger partial charge in [-0.3, -0.25) is 19.3 Å². The zero-order chi connectivity index (χ0) is 19.0. The summed E-state index contributed by atoms with van der Waals surface area (Å²) in [5, 5.41) is 4.11. The van der Waals surface area contributed by atoms with Crippen molar-refractivity contribution < 1.29 is 9.59 Å². The molecule has 4 heterocycles. The molecule has 142 valence electrons. The van der Waals surface area contributed by atoms with Crippen LogP contribution in [0.1, 0.15) is 41.3 Å². The van der Waals surface area contributed by atoms with Crippen LogP contribution in [0.2, 0.25) is 0 Å². The van der Waals surface area contributed by atoms with Crippen molar-refractivity contribution in [1.82, 2.24) is 29.5 Å². The van der Waals surface area contributed by atoms with Gasteiger partial charge < -0.3 is 9.80 Å². The molecule has 8 nitrogen and oxygen atoms in total. The zero-order valence-corrected chi connectivity index (χ0v) is 15.8. The molecule has 0 N–H and O–H groups in total. The predicted molar refractivity (Wildman–Crippen MR) is 97.6 cm³/mol. The number of hydrogen-bond acceptors (Lipinski definition) is 5. The van der Waals surface area contributed by atoms with E-state index in [1.165, 1.54) is 11.0 Å². The summed E-state index contributed by atoms with van der Waals surface area (Å²) < 4.78 is 1.52. The number of rotatable bonds is 3. The maximum absolute atomic E-state index is 13.2. The fourth-order valence-corrected chi connectivity index (χ4v) is 4.19. The molecule has 2 aliphatic heterocycles. The SMILES string of the molecule is Cc1cccc(CN2CC[C@]3(CCCN(C(=O)c4ncn(C)n4)C3)C2=O)n1. The van der Waals surface area contributed by atoms with Crippen molar-refractivity contribution in [2.75, 3.05) is 19.6 Å². The molecule has 0 aliphatic carbocycles. The molecule has 2 aliphatic rings. The molecule has 0 radical (unpaired) electrons. The van der Waals surface area contributed by atoms with Gasteiger partial charge in [-0.25, -0.2) is 4.98 Å². The largest absolute Gasteiger partial charge is 0.336 e. The summed E-state index contributed by atoms with van der Waals surface area (Å²) in [6, 6.07) is 5.87. The summed E-state index contributed by atoms with van der Waals surface area (Å²) >= 11 is 0. The van der Waals surface area contributed by atoms with Gasteiger partial charge in [0.05, 0.1) is 17.7 Å². The first kappa shape index (κ1) is 17.6. The van der Waals surface area contributed by atoms with Crippen LogP contribution in [0.5, 0.6) is 0 Å². The first-order valence-corrected chi connectivity index (χ1v) is 9.34. The number of aromatic nitrogens is 4. The van der Waals surface area contributed by atoms with Crippen molar-refractivity contribution in [3.8, 4) is 0 Å². The standard InChI is InChI=1S/C19H24N6O2/c1-14-5-3-6-15(21-14)11-24-10-8-19(18(24)27)7-4-9-25(12-19)17(26)16-20-13-23(2)22-16/h3,5-6,13H,4,7-12H2,1-2H3/t19-/m0/s1. The van der Waals surface area contributed by atoms with Crippen molar-refractivity contribution in [2.24, 2.45) is 12.5 Å². The van der Waals surface area contributed by atoms with Crippen molar-refractivity contribution in [3.05, 3.63) is 41.7 Å². The van der Waals surface area contributed by atoms with Crippen molar-refractivity contribution in [3.63, 3.8) is 0 Å². The lowest BCUT2D eigenvalue weighted by molar-refractivity contribution is -0.138. The van der Waals surface area contributed by atoms with Gasteiger partial charge in [0.2, 0.25) is 11.7 Å². The Morgan fingerprint density at radius 1 is 1.26 bits per heavy atom. The van der Waals surface area contributed by atoms with Gasteiger partial charge in [0.15, 0.2) is 0 Å². The van der Waals surface area contributed by atoms with E-state index in [2.05, 4.69) is 15.1 Å². The number of carbonyl (C=O) groups is 2. The molecular weight excluding hydrogens is 344 g/mol. The van der Waals surface area contributed by atoms with Crippen LogP contribution in [0.3, 0.4) is 0 Å². The minimum atomic E-state index is -0.480. The topological polar surface area (TPSA) is 84.2 Å². The number of amides is 2. The van der Waals surface area contributed by atoms with Gasteiger partial charge in [-0.1, -0.05) is 6.07 Å². The Morgan fingerprint density at radius 2 is 2.11 bits per heavy atom. The third-order valence-corrected chi connectivity index (χ3v) is 5.55. The smallest absolute Gasteiger partial charge is 0.293 e. The summed E-state index contributed by atoms with van der Waals surface area (Å²) in [5.74, 6) is 0.138. The summed E-state index contributed by atoms with van der Waals surface area (Å²) in [6.07, 6.45) is 3.94. The fraction of sp³-hybridized carbons (Fsp3) is 0.526. The molecule has 1 spiro atoms. The number of aryl methyl sites for hydroxylation is 2. The molecule has 27 heavy (non-hydrogen) atoms. The third kappa shape index (κ3) is 3.31.